The Labute approximate surface area is 184 Å². The van der Waals surface area contributed by atoms with E-state index in [1.807, 2.05) is 0 Å². The summed E-state index contributed by atoms with van der Waals surface area (Å²) in [4.78, 5) is 8.55. The number of alkyl halides is 1. The van der Waals surface area contributed by atoms with Crippen LogP contribution in [-0.2, 0) is 9.47 Å². The number of nitrogens with one attached hydrogen (secondary N) is 1. The zero-order valence-corrected chi connectivity index (χ0v) is 17.9. The molecule has 0 spiro atoms. The molecule has 2 aliphatic rings. The first-order valence-electron chi connectivity index (χ1n) is 9.62. The molecule has 0 aliphatic carbocycles. The van der Waals surface area contributed by atoms with Gasteiger partial charge in [0.25, 0.3) is 0 Å². The molecule has 162 valence electrons. The average Bonchev–Trinajstić information content (AvgIpc) is 3.33. The molecule has 0 bridgehead atoms. The van der Waals surface area contributed by atoms with Gasteiger partial charge in [0.15, 0.2) is 23.8 Å². The summed E-state index contributed by atoms with van der Waals surface area (Å²) in [6.45, 7) is 0.218. The van der Waals surface area contributed by atoms with Crippen molar-refractivity contribution in [3.63, 3.8) is 0 Å². The first-order valence-corrected chi connectivity index (χ1v) is 10.4. The normalized spacial score (nSPS) is 24.9. The van der Waals surface area contributed by atoms with Crippen molar-refractivity contribution >= 4 is 38.3 Å². The summed E-state index contributed by atoms with van der Waals surface area (Å²) in [5, 5.41) is 3.62. The first-order chi connectivity index (χ1) is 15.0. The molecular weight excluding hydrogens is 476 g/mol. The van der Waals surface area contributed by atoms with Crippen LogP contribution in [0.1, 0.15) is 0 Å². The van der Waals surface area contributed by atoms with Gasteiger partial charge in [-0.05, 0) is 24.3 Å². The van der Waals surface area contributed by atoms with Crippen molar-refractivity contribution in [3.8, 4) is 11.5 Å². The number of hydrogen-bond acceptors (Lipinski definition) is 7. The van der Waals surface area contributed by atoms with Gasteiger partial charge in [0, 0.05) is 15.9 Å². The van der Waals surface area contributed by atoms with Crippen LogP contribution in [0.25, 0.3) is 10.9 Å². The molecule has 4 atom stereocenters. The number of methoxy groups -OCH3 is 1. The fourth-order valence-electron chi connectivity index (χ4n) is 3.82. The minimum Gasteiger partial charge on any atom is -0.493 e. The topological polar surface area (TPSA) is 74.7 Å². The van der Waals surface area contributed by atoms with Crippen LogP contribution in [0.2, 0.25) is 0 Å². The molecule has 10 heteroatoms. The molecule has 2 fully saturated rings. The highest BCUT2D eigenvalue weighted by Crippen LogP contribution is 2.38. The maximum Gasteiger partial charge on any atom is 0.164 e. The van der Waals surface area contributed by atoms with Crippen molar-refractivity contribution in [2.45, 2.75) is 24.5 Å². The van der Waals surface area contributed by atoms with Gasteiger partial charge >= 0.3 is 0 Å². The summed E-state index contributed by atoms with van der Waals surface area (Å²) in [6.07, 6.45) is -1.33. The van der Waals surface area contributed by atoms with Crippen LogP contribution in [0.5, 0.6) is 11.5 Å². The van der Waals surface area contributed by atoms with Gasteiger partial charge in [-0.15, -0.1) is 0 Å². The van der Waals surface area contributed by atoms with Crippen molar-refractivity contribution in [2.24, 2.45) is 0 Å². The number of hydrogen-bond donors (Lipinski definition) is 1. The van der Waals surface area contributed by atoms with Gasteiger partial charge in [-0.3, -0.25) is 0 Å². The van der Waals surface area contributed by atoms with Crippen LogP contribution in [0, 0.1) is 5.82 Å². The van der Waals surface area contributed by atoms with Crippen LogP contribution in [0.4, 0.5) is 20.3 Å². The molecule has 0 saturated carbocycles. The Morgan fingerprint density at radius 1 is 1.10 bits per heavy atom. The van der Waals surface area contributed by atoms with E-state index in [9.17, 15) is 8.78 Å². The number of nitrogens with zero attached hydrogens (tertiary/aromatic N) is 2. The molecule has 1 N–H and O–H groups in total. The second-order valence-electron chi connectivity index (χ2n) is 7.26. The van der Waals surface area contributed by atoms with Crippen LogP contribution in [0.3, 0.4) is 0 Å². The SMILES string of the molecule is COc1cc2c(Nc3ccc(Br)cc3F)ncnc2cc1OC1CO[C@H]2[C@H](F)CO[C@@H]12. The van der Waals surface area contributed by atoms with E-state index in [2.05, 4.69) is 31.2 Å². The number of anilines is 2. The lowest BCUT2D eigenvalue weighted by atomic mass is 10.1. The third-order valence-electron chi connectivity index (χ3n) is 5.33. The zero-order chi connectivity index (χ0) is 21.5. The number of ether oxygens (including phenoxy) is 4. The van der Waals surface area contributed by atoms with Gasteiger partial charge in [0.1, 0.15) is 30.2 Å². The molecule has 3 heterocycles. The molecular formula is C21H18BrF2N3O4. The number of benzene rings is 2. The lowest BCUT2D eigenvalue weighted by Gasteiger charge is -2.20. The Bertz CT molecular complexity index is 1140. The number of halogens is 3. The van der Waals surface area contributed by atoms with E-state index >= 15 is 0 Å². The van der Waals surface area contributed by atoms with Gasteiger partial charge in [-0.2, -0.15) is 0 Å². The molecule has 2 aromatic carbocycles. The number of fused-ring (bicyclic) bond motifs is 2. The Morgan fingerprint density at radius 3 is 2.74 bits per heavy atom. The standard InChI is InChI=1S/C21H18BrF2N3O4/c1-28-16-5-11-15(6-17(16)31-18-8-30-19-13(24)7-29-20(18)19)25-9-26-21(11)27-14-3-2-10(22)4-12(14)23/h2-6,9,13,18-20H,7-8H2,1H3,(H,25,26,27)/t13-,18?,19+,20+/m1/s1. The molecule has 5 rings (SSSR count). The molecule has 2 aliphatic heterocycles. The van der Waals surface area contributed by atoms with Crippen LogP contribution >= 0.6 is 15.9 Å². The Kier molecular flexibility index (Phi) is 5.37. The summed E-state index contributed by atoms with van der Waals surface area (Å²) in [7, 11) is 1.51. The smallest absolute Gasteiger partial charge is 0.164 e. The van der Waals surface area contributed by atoms with Crippen molar-refractivity contribution in [3.05, 3.63) is 46.9 Å². The fraction of sp³-hybridized carbons (Fsp3) is 0.333. The number of aromatic nitrogens is 2. The third-order valence-corrected chi connectivity index (χ3v) is 5.82. The van der Waals surface area contributed by atoms with Gasteiger partial charge in [-0.1, -0.05) is 15.9 Å². The predicted molar refractivity (Wildman–Crippen MR) is 112 cm³/mol. The van der Waals surface area contributed by atoms with E-state index in [1.54, 1.807) is 24.3 Å². The van der Waals surface area contributed by atoms with E-state index in [1.165, 1.54) is 19.5 Å². The predicted octanol–water partition coefficient (Wildman–Crippen LogP) is 4.17. The minimum absolute atomic E-state index is 0.00107. The molecule has 0 amide bonds. The summed E-state index contributed by atoms with van der Waals surface area (Å²) < 4.78 is 51.3. The van der Waals surface area contributed by atoms with E-state index in [4.69, 9.17) is 18.9 Å². The van der Waals surface area contributed by atoms with E-state index in [0.717, 1.165) is 0 Å². The average molecular weight is 494 g/mol. The van der Waals surface area contributed by atoms with Crippen LogP contribution in [0.15, 0.2) is 41.1 Å². The molecule has 1 unspecified atom stereocenters. The van der Waals surface area contributed by atoms with Gasteiger partial charge < -0.3 is 24.3 Å². The minimum atomic E-state index is -1.16. The highest BCUT2D eigenvalue weighted by Gasteiger charge is 2.49. The van der Waals surface area contributed by atoms with Crippen molar-refractivity contribution in [2.75, 3.05) is 25.6 Å². The first kappa shape index (κ1) is 20.3. The van der Waals surface area contributed by atoms with Crippen LogP contribution < -0.4 is 14.8 Å². The second-order valence-corrected chi connectivity index (χ2v) is 8.18. The van der Waals surface area contributed by atoms with Crippen molar-refractivity contribution in [1.82, 2.24) is 9.97 Å². The van der Waals surface area contributed by atoms with E-state index in [0.29, 0.717) is 32.7 Å². The van der Waals surface area contributed by atoms with Crippen molar-refractivity contribution in [1.29, 1.82) is 0 Å². The summed E-state index contributed by atoms with van der Waals surface area (Å²) >= 11 is 3.24. The van der Waals surface area contributed by atoms with E-state index < -0.39 is 30.3 Å². The largest absolute Gasteiger partial charge is 0.493 e. The maximum absolute atomic E-state index is 14.3. The Balaban J connectivity index is 1.46. The lowest BCUT2D eigenvalue weighted by molar-refractivity contribution is 0.0271. The second kappa shape index (κ2) is 8.18. The van der Waals surface area contributed by atoms with Crippen molar-refractivity contribution < 1.29 is 27.7 Å². The van der Waals surface area contributed by atoms with Gasteiger partial charge in [0.05, 0.1) is 31.5 Å². The van der Waals surface area contributed by atoms with E-state index in [-0.39, 0.29) is 18.9 Å². The molecule has 1 aromatic heterocycles. The fourth-order valence-corrected chi connectivity index (χ4v) is 4.15. The summed E-state index contributed by atoms with van der Waals surface area (Å²) in [5.74, 6) is 0.848. The molecule has 3 aromatic rings. The Hall–Kier alpha value is -2.56. The highest BCUT2D eigenvalue weighted by molar-refractivity contribution is 9.10. The molecule has 0 radical (unpaired) electrons. The quantitative estimate of drug-likeness (QED) is 0.571. The summed E-state index contributed by atoms with van der Waals surface area (Å²) in [5.41, 5.74) is 0.841. The maximum atomic E-state index is 14.3. The lowest BCUT2D eigenvalue weighted by Crippen LogP contribution is -2.33. The molecule has 2 saturated heterocycles. The highest BCUT2D eigenvalue weighted by atomic mass is 79.9. The zero-order valence-electron chi connectivity index (χ0n) is 16.3. The van der Waals surface area contributed by atoms with Gasteiger partial charge in [0.2, 0.25) is 0 Å². The monoisotopic (exact) mass is 493 g/mol. The number of rotatable bonds is 5. The van der Waals surface area contributed by atoms with Gasteiger partial charge in [-0.25, -0.2) is 18.7 Å². The molecule has 7 nitrogen and oxygen atoms in total. The Morgan fingerprint density at radius 2 is 1.94 bits per heavy atom. The third kappa shape index (κ3) is 3.79. The molecule has 31 heavy (non-hydrogen) atoms. The summed E-state index contributed by atoms with van der Waals surface area (Å²) in [6, 6.07) is 8.12. The van der Waals surface area contributed by atoms with Crippen LogP contribution in [-0.4, -0.2) is 54.8 Å².